The third-order valence-corrected chi connectivity index (χ3v) is 5.70. The van der Waals surface area contributed by atoms with Gasteiger partial charge in [-0.1, -0.05) is 30.3 Å². The minimum absolute atomic E-state index is 0.117. The number of hydrogen-bond donors (Lipinski definition) is 2. The fourth-order valence-corrected chi connectivity index (χ4v) is 4.19. The average Bonchev–Trinajstić information content (AvgIpc) is 2.83. The van der Waals surface area contributed by atoms with Gasteiger partial charge in [0, 0.05) is 25.1 Å². The van der Waals surface area contributed by atoms with E-state index in [4.69, 9.17) is 4.99 Å². The van der Waals surface area contributed by atoms with Gasteiger partial charge in [0.15, 0.2) is 5.82 Å². The van der Waals surface area contributed by atoms with Gasteiger partial charge in [-0.2, -0.15) is 0 Å². The van der Waals surface area contributed by atoms with E-state index in [1.807, 2.05) is 35.2 Å². The fraction of sp³-hybridized carbons (Fsp3) is 0.261. The highest BCUT2D eigenvalue weighted by atomic mass is 16.2. The number of amidine groups is 1. The molecule has 5 rings (SSSR count). The number of piperidine rings is 1. The maximum absolute atomic E-state index is 13.1. The van der Waals surface area contributed by atoms with Crippen molar-refractivity contribution >= 4 is 23.2 Å². The van der Waals surface area contributed by atoms with Gasteiger partial charge in [0.05, 0.1) is 25.0 Å². The molecule has 2 N–H and O–H groups in total. The lowest BCUT2D eigenvalue weighted by Crippen LogP contribution is -2.62. The molecule has 2 aliphatic heterocycles. The number of benzene rings is 1. The van der Waals surface area contributed by atoms with Crippen molar-refractivity contribution in [2.24, 2.45) is 4.99 Å². The summed E-state index contributed by atoms with van der Waals surface area (Å²) in [6.07, 6.45) is 8.08. The minimum atomic E-state index is -0.513. The second kappa shape index (κ2) is 8.14. The predicted molar refractivity (Wildman–Crippen MR) is 119 cm³/mol. The summed E-state index contributed by atoms with van der Waals surface area (Å²) in [5.74, 6) is 1.44. The number of aromatic nitrogens is 3. The molecule has 0 bridgehead atoms. The Labute approximate surface area is 180 Å². The molecule has 31 heavy (non-hydrogen) atoms. The molecule has 0 aliphatic carbocycles. The molecular formula is C23H23N7O. The zero-order chi connectivity index (χ0) is 21.1. The number of hydrogen-bond acceptors (Lipinski definition) is 6. The monoisotopic (exact) mass is 413 g/mol. The van der Waals surface area contributed by atoms with Crippen LogP contribution in [0.2, 0.25) is 0 Å². The Morgan fingerprint density at radius 2 is 2.00 bits per heavy atom. The normalized spacial score (nSPS) is 21.3. The SMILES string of the molecule is O=C(c1cnccn1)N1CCC[C@]2(C1)Nc1cccnc1NC2=NCc1ccccc1. The molecule has 1 saturated heterocycles. The van der Waals surface area contributed by atoms with Gasteiger partial charge in [0.25, 0.3) is 5.91 Å². The molecule has 1 spiro atoms. The van der Waals surface area contributed by atoms with E-state index in [-0.39, 0.29) is 5.91 Å². The second-order valence-corrected chi connectivity index (χ2v) is 7.80. The molecule has 1 aromatic carbocycles. The number of aliphatic imine (C=N–C) groups is 1. The van der Waals surface area contributed by atoms with Crippen molar-refractivity contribution in [3.63, 3.8) is 0 Å². The highest BCUT2D eigenvalue weighted by Gasteiger charge is 2.45. The molecule has 0 saturated carbocycles. The summed E-state index contributed by atoms with van der Waals surface area (Å²) in [4.78, 5) is 32.5. The van der Waals surface area contributed by atoms with E-state index in [2.05, 4.69) is 37.7 Å². The van der Waals surface area contributed by atoms with Gasteiger partial charge in [-0.3, -0.25) is 14.8 Å². The lowest BCUT2D eigenvalue weighted by molar-refractivity contribution is 0.0688. The fourth-order valence-electron chi connectivity index (χ4n) is 4.19. The summed E-state index contributed by atoms with van der Waals surface area (Å²) >= 11 is 0. The van der Waals surface area contributed by atoms with Crippen LogP contribution in [0.3, 0.4) is 0 Å². The summed E-state index contributed by atoms with van der Waals surface area (Å²) < 4.78 is 0. The smallest absolute Gasteiger partial charge is 0.274 e. The number of carbonyl (C=O) groups is 1. The lowest BCUT2D eigenvalue weighted by atomic mass is 9.85. The van der Waals surface area contributed by atoms with Crippen LogP contribution in [-0.4, -0.2) is 50.2 Å². The van der Waals surface area contributed by atoms with Crippen molar-refractivity contribution in [3.8, 4) is 0 Å². The number of fused-ring (bicyclic) bond motifs is 1. The molecule has 8 nitrogen and oxygen atoms in total. The minimum Gasteiger partial charge on any atom is -0.368 e. The van der Waals surface area contributed by atoms with Crippen LogP contribution in [0.15, 0.2) is 72.2 Å². The molecule has 2 aliphatic rings. The van der Waals surface area contributed by atoms with Crippen LogP contribution >= 0.6 is 0 Å². The maximum atomic E-state index is 13.1. The van der Waals surface area contributed by atoms with Gasteiger partial charge >= 0.3 is 0 Å². The van der Waals surface area contributed by atoms with Crippen molar-refractivity contribution in [2.45, 2.75) is 24.9 Å². The Balaban J connectivity index is 1.48. The first-order chi connectivity index (χ1) is 15.2. The first kappa shape index (κ1) is 19.2. The van der Waals surface area contributed by atoms with E-state index < -0.39 is 5.54 Å². The first-order valence-electron chi connectivity index (χ1n) is 10.4. The predicted octanol–water partition coefficient (Wildman–Crippen LogP) is 2.98. The molecule has 3 aromatic rings. The highest BCUT2D eigenvalue weighted by Crippen LogP contribution is 2.35. The Bertz CT molecular complexity index is 1100. The Morgan fingerprint density at radius 3 is 2.84 bits per heavy atom. The highest BCUT2D eigenvalue weighted by molar-refractivity contribution is 6.09. The van der Waals surface area contributed by atoms with Gasteiger partial charge in [0.2, 0.25) is 0 Å². The van der Waals surface area contributed by atoms with Crippen molar-refractivity contribution in [1.29, 1.82) is 0 Å². The van der Waals surface area contributed by atoms with E-state index in [9.17, 15) is 4.79 Å². The molecule has 0 radical (unpaired) electrons. The number of rotatable bonds is 3. The van der Waals surface area contributed by atoms with Crippen LogP contribution in [0, 0.1) is 0 Å². The standard InChI is InChI=1S/C23H23N7O/c31-21(19-15-24-11-12-25-19)30-13-5-9-23(16-30)22(27-14-17-6-2-1-3-7-17)28-20-18(29-23)8-4-10-26-20/h1-4,6-8,10-12,15,29H,5,9,13-14,16H2,(H,26,27,28)/t23-/m1/s1. The van der Waals surface area contributed by atoms with E-state index in [1.54, 1.807) is 18.6 Å². The Morgan fingerprint density at radius 1 is 1.10 bits per heavy atom. The zero-order valence-electron chi connectivity index (χ0n) is 17.0. The van der Waals surface area contributed by atoms with E-state index >= 15 is 0 Å². The number of carbonyl (C=O) groups excluding carboxylic acids is 1. The quantitative estimate of drug-likeness (QED) is 0.685. The van der Waals surface area contributed by atoms with Gasteiger partial charge in [-0.05, 0) is 30.5 Å². The number of anilines is 2. The zero-order valence-corrected chi connectivity index (χ0v) is 17.0. The third-order valence-electron chi connectivity index (χ3n) is 5.70. The molecule has 8 heteroatoms. The van der Waals surface area contributed by atoms with E-state index in [0.717, 1.165) is 35.7 Å². The topological polar surface area (TPSA) is 95.4 Å². The van der Waals surface area contributed by atoms with Gasteiger partial charge in [-0.15, -0.1) is 0 Å². The number of nitrogens with zero attached hydrogens (tertiary/aromatic N) is 5. The van der Waals surface area contributed by atoms with E-state index in [0.29, 0.717) is 25.3 Å². The maximum Gasteiger partial charge on any atom is 0.274 e. The van der Waals surface area contributed by atoms with Crippen molar-refractivity contribution in [3.05, 3.63) is 78.5 Å². The molecule has 2 aromatic heterocycles. The van der Waals surface area contributed by atoms with Gasteiger partial charge in [0.1, 0.15) is 17.1 Å². The molecule has 4 heterocycles. The number of likely N-dealkylation sites (tertiary alicyclic amines) is 1. The second-order valence-electron chi connectivity index (χ2n) is 7.80. The first-order valence-corrected chi connectivity index (χ1v) is 10.4. The van der Waals surface area contributed by atoms with Crippen molar-refractivity contribution in [2.75, 3.05) is 23.7 Å². The average molecular weight is 413 g/mol. The molecule has 1 fully saturated rings. The summed E-state index contributed by atoms with van der Waals surface area (Å²) in [5.41, 5.74) is 1.88. The number of amides is 1. The van der Waals surface area contributed by atoms with Crippen molar-refractivity contribution in [1.82, 2.24) is 19.9 Å². The number of pyridine rings is 1. The lowest BCUT2D eigenvalue weighted by Gasteiger charge is -2.46. The Hall–Kier alpha value is -3.81. The Kier molecular flexibility index (Phi) is 5.03. The van der Waals surface area contributed by atoms with Crippen LogP contribution in [0.25, 0.3) is 0 Å². The number of nitrogens with one attached hydrogen (secondary N) is 2. The van der Waals surface area contributed by atoms with E-state index in [1.165, 1.54) is 6.20 Å². The largest absolute Gasteiger partial charge is 0.368 e. The molecule has 156 valence electrons. The molecular weight excluding hydrogens is 390 g/mol. The van der Waals surface area contributed by atoms with Crippen LogP contribution < -0.4 is 10.6 Å². The molecule has 1 amide bonds. The molecule has 0 unspecified atom stereocenters. The van der Waals surface area contributed by atoms with Crippen LogP contribution in [0.5, 0.6) is 0 Å². The molecule has 1 atom stereocenters. The summed E-state index contributed by atoms with van der Waals surface area (Å²) in [7, 11) is 0. The summed E-state index contributed by atoms with van der Waals surface area (Å²) in [6.45, 7) is 1.70. The summed E-state index contributed by atoms with van der Waals surface area (Å²) in [5, 5.41) is 7.09. The third kappa shape index (κ3) is 3.84. The van der Waals surface area contributed by atoms with Crippen molar-refractivity contribution < 1.29 is 4.79 Å². The van der Waals surface area contributed by atoms with Crippen LogP contribution in [0.1, 0.15) is 28.9 Å². The van der Waals surface area contributed by atoms with Crippen LogP contribution in [0.4, 0.5) is 11.5 Å². The van der Waals surface area contributed by atoms with Gasteiger partial charge in [-0.25, -0.2) is 9.97 Å². The van der Waals surface area contributed by atoms with Gasteiger partial charge < -0.3 is 15.5 Å². The summed E-state index contributed by atoms with van der Waals surface area (Å²) in [6, 6.07) is 14.0. The van der Waals surface area contributed by atoms with Crippen LogP contribution in [-0.2, 0) is 6.54 Å².